The van der Waals surface area contributed by atoms with Crippen molar-refractivity contribution in [3.8, 4) is 17.5 Å². The highest BCUT2D eigenvalue weighted by molar-refractivity contribution is 5.57. The van der Waals surface area contributed by atoms with Crippen LogP contribution in [0, 0.1) is 17.1 Å². The Labute approximate surface area is 126 Å². The second-order valence-corrected chi connectivity index (χ2v) is 4.53. The third-order valence-corrected chi connectivity index (χ3v) is 3.01. The minimum Gasteiger partial charge on any atom is -0.419 e. The summed E-state index contributed by atoms with van der Waals surface area (Å²) in [5.74, 6) is 0.317. The van der Waals surface area contributed by atoms with Crippen molar-refractivity contribution in [1.82, 2.24) is 9.97 Å². The maximum atomic E-state index is 12.9. The van der Waals surface area contributed by atoms with Crippen molar-refractivity contribution in [3.63, 3.8) is 0 Å². The van der Waals surface area contributed by atoms with Crippen LogP contribution >= 0.6 is 0 Å². The van der Waals surface area contributed by atoms with Gasteiger partial charge in [-0.1, -0.05) is 12.1 Å². The highest BCUT2D eigenvalue weighted by Crippen LogP contribution is 2.25. The van der Waals surface area contributed by atoms with Gasteiger partial charge in [0.15, 0.2) is 0 Å². The maximum absolute atomic E-state index is 12.9. The molecule has 1 N–H and O–H groups in total. The van der Waals surface area contributed by atoms with E-state index < -0.39 is 0 Å². The Bertz CT molecular complexity index is 806. The molecule has 0 bridgehead atoms. The number of nitriles is 1. The Morgan fingerprint density at radius 3 is 2.73 bits per heavy atom. The molecule has 1 aromatic carbocycles. The first-order valence-corrected chi connectivity index (χ1v) is 6.56. The minimum absolute atomic E-state index is 0.168. The predicted octanol–water partition coefficient (Wildman–Crippen LogP) is 3.36. The molecule has 0 fully saturated rings. The zero-order valence-corrected chi connectivity index (χ0v) is 11.5. The van der Waals surface area contributed by atoms with E-state index in [0.29, 0.717) is 18.0 Å². The first-order valence-electron chi connectivity index (χ1n) is 6.56. The number of anilines is 1. The van der Waals surface area contributed by atoms with Gasteiger partial charge in [-0.2, -0.15) is 10.2 Å². The fraction of sp³-hybridized carbons (Fsp3) is 0.0625. The highest BCUT2D eigenvalue weighted by atomic mass is 19.1. The van der Waals surface area contributed by atoms with E-state index in [4.69, 9.17) is 9.68 Å². The van der Waals surface area contributed by atoms with Crippen LogP contribution in [0.5, 0.6) is 0 Å². The summed E-state index contributed by atoms with van der Waals surface area (Å²) in [5, 5.41) is 12.1. The summed E-state index contributed by atoms with van der Waals surface area (Å²) >= 11 is 0. The van der Waals surface area contributed by atoms with Crippen LogP contribution in [0.1, 0.15) is 11.3 Å². The number of halogens is 1. The molecule has 6 heteroatoms. The third kappa shape index (κ3) is 2.94. The monoisotopic (exact) mass is 294 g/mol. The summed E-state index contributed by atoms with van der Waals surface area (Å²) in [4.78, 5) is 8.12. The van der Waals surface area contributed by atoms with Crippen LogP contribution in [0.15, 0.2) is 53.2 Å². The number of rotatable bonds is 4. The van der Waals surface area contributed by atoms with Gasteiger partial charge in [-0.05, 0) is 29.8 Å². The van der Waals surface area contributed by atoms with Crippen LogP contribution in [-0.4, -0.2) is 9.97 Å². The number of pyridine rings is 1. The van der Waals surface area contributed by atoms with E-state index in [0.717, 1.165) is 5.56 Å². The molecule has 2 heterocycles. The van der Waals surface area contributed by atoms with Crippen LogP contribution in [0.4, 0.5) is 10.3 Å². The van der Waals surface area contributed by atoms with Gasteiger partial charge in [0.05, 0.1) is 5.56 Å². The van der Waals surface area contributed by atoms with Gasteiger partial charge in [-0.25, -0.2) is 4.39 Å². The van der Waals surface area contributed by atoms with Gasteiger partial charge >= 0.3 is 0 Å². The number of hydrogen-bond donors (Lipinski definition) is 1. The Morgan fingerprint density at radius 1 is 1.23 bits per heavy atom. The van der Waals surface area contributed by atoms with Crippen molar-refractivity contribution in [2.24, 2.45) is 0 Å². The standard InChI is InChI=1S/C16H11FN4O/c17-13-5-3-11(4-6-13)9-20-16-14(8-18)21-15(22-16)12-2-1-7-19-10-12/h1-7,10,20H,9H2. The lowest BCUT2D eigenvalue weighted by Crippen LogP contribution is -1.99. The Hall–Kier alpha value is -3.20. The average Bonchev–Trinajstić information content (AvgIpc) is 2.98. The van der Waals surface area contributed by atoms with E-state index in [1.54, 1.807) is 36.7 Å². The molecule has 2 aromatic heterocycles. The van der Waals surface area contributed by atoms with Gasteiger partial charge in [-0.3, -0.25) is 4.98 Å². The zero-order chi connectivity index (χ0) is 15.4. The van der Waals surface area contributed by atoms with Crippen molar-refractivity contribution >= 4 is 5.88 Å². The van der Waals surface area contributed by atoms with Gasteiger partial charge in [0.2, 0.25) is 17.5 Å². The molecule has 0 saturated heterocycles. The third-order valence-electron chi connectivity index (χ3n) is 3.01. The topological polar surface area (TPSA) is 74.7 Å². The number of oxazole rings is 1. The van der Waals surface area contributed by atoms with Gasteiger partial charge in [0.25, 0.3) is 0 Å². The maximum Gasteiger partial charge on any atom is 0.232 e. The molecule has 3 rings (SSSR count). The van der Waals surface area contributed by atoms with E-state index >= 15 is 0 Å². The molecule has 0 aliphatic heterocycles. The van der Waals surface area contributed by atoms with Crippen molar-refractivity contribution in [3.05, 3.63) is 65.9 Å². The normalized spacial score (nSPS) is 10.2. The minimum atomic E-state index is -0.292. The van der Waals surface area contributed by atoms with Crippen LogP contribution in [0.3, 0.4) is 0 Å². The molecular formula is C16H11FN4O. The summed E-state index contributed by atoms with van der Waals surface area (Å²) in [5.41, 5.74) is 1.72. The Morgan fingerprint density at radius 2 is 2.05 bits per heavy atom. The number of aromatic nitrogens is 2. The average molecular weight is 294 g/mol. The summed E-state index contributed by atoms with van der Waals surface area (Å²) < 4.78 is 18.4. The molecule has 0 unspecified atom stereocenters. The van der Waals surface area contributed by atoms with E-state index in [-0.39, 0.29) is 17.4 Å². The fourth-order valence-electron chi connectivity index (χ4n) is 1.91. The number of nitrogens with one attached hydrogen (secondary N) is 1. The fourth-order valence-corrected chi connectivity index (χ4v) is 1.91. The van der Waals surface area contributed by atoms with E-state index in [1.165, 1.54) is 12.1 Å². The SMILES string of the molecule is N#Cc1nc(-c2cccnc2)oc1NCc1ccc(F)cc1. The lowest BCUT2D eigenvalue weighted by atomic mass is 10.2. The Balaban J connectivity index is 1.80. The molecule has 0 aliphatic rings. The molecule has 0 saturated carbocycles. The molecule has 3 aromatic rings. The van der Waals surface area contributed by atoms with Crippen LogP contribution < -0.4 is 5.32 Å². The summed E-state index contributed by atoms with van der Waals surface area (Å²) in [6, 6.07) is 11.6. The zero-order valence-electron chi connectivity index (χ0n) is 11.5. The van der Waals surface area contributed by atoms with Crippen molar-refractivity contribution in [2.75, 3.05) is 5.32 Å². The second-order valence-electron chi connectivity index (χ2n) is 4.53. The van der Waals surface area contributed by atoms with Crippen molar-refractivity contribution in [2.45, 2.75) is 6.54 Å². The molecule has 108 valence electrons. The van der Waals surface area contributed by atoms with Gasteiger partial charge in [-0.15, -0.1) is 0 Å². The lowest BCUT2D eigenvalue weighted by Gasteiger charge is -2.03. The smallest absolute Gasteiger partial charge is 0.232 e. The first kappa shape index (κ1) is 13.8. The van der Waals surface area contributed by atoms with Gasteiger partial charge < -0.3 is 9.73 Å². The summed E-state index contributed by atoms with van der Waals surface area (Å²) in [7, 11) is 0. The molecular weight excluding hydrogens is 283 g/mol. The molecule has 5 nitrogen and oxygen atoms in total. The molecule has 0 amide bonds. The van der Waals surface area contributed by atoms with Crippen molar-refractivity contribution in [1.29, 1.82) is 5.26 Å². The molecule has 0 radical (unpaired) electrons. The number of nitrogens with zero attached hydrogens (tertiary/aromatic N) is 3. The second kappa shape index (κ2) is 6.06. The largest absolute Gasteiger partial charge is 0.419 e. The Kier molecular flexibility index (Phi) is 3.79. The van der Waals surface area contributed by atoms with E-state index in [9.17, 15) is 4.39 Å². The van der Waals surface area contributed by atoms with Gasteiger partial charge in [0.1, 0.15) is 11.9 Å². The summed E-state index contributed by atoms with van der Waals surface area (Å²) in [6.45, 7) is 0.399. The van der Waals surface area contributed by atoms with E-state index in [2.05, 4.69) is 15.3 Å². The first-order chi connectivity index (χ1) is 10.8. The lowest BCUT2D eigenvalue weighted by molar-refractivity contribution is 0.584. The molecule has 0 aliphatic carbocycles. The van der Waals surface area contributed by atoms with Crippen LogP contribution in [-0.2, 0) is 6.54 Å². The predicted molar refractivity (Wildman–Crippen MR) is 78.2 cm³/mol. The van der Waals surface area contributed by atoms with Crippen molar-refractivity contribution < 1.29 is 8.81 Å². The number of hydrogen-bond acceptors (Lipinski definition) is 5. The van der Waals surface area contributed by atoms with Gasteiger partial charge in [0, 0.05) is 18.9 Å². The summed E-state index contributed by atoms with van der Waals surface area (Å²) in [6.07, 6.45) is 3.25. The molecule has 0 spiro atoms. The molecule has 0 atom stereocenters. The van der Waals surface area contributed by atoms with E-state index in [1.807, 2.05) is 6.07 Å². The van der Waals surface area contributed by atoms with Crippen LogP contribution in [0.25, 0.3) is 11.5 Å². The number of benzene rings is 1. The highest BCUT2D eigenvalue weighted by Gasteiger charge is 2.14. The molecule has 22 heavy (non-hydrogen) atoms. The quantitative estimate of drug-likeness (QED) is 0.798. The van der Waals surface area contributed by atoms with Crippen LogP contribution in [0.2, 0.25) is 0 Å².